The van der Waals surface area contributed by atoms with Crippen LogP contribution in [0.3, 0.4) is 0 Å². The van der Waals surface area contributed by atoms with Gasteiger partial charge in [-0.15, -0.1) is 0 Å². The van der Waals surface area contributed by atoms with Crippen LogP contribution in [0.15, 0.2) is 0 Å². The van der Waals surface area contributed by atoms with Crippen molar-refractivity contribution in [2.24, 2.45) is 29.1 Å². The predicted octanol–water partition coefficient (Wildman–Crippen LogP) is 4.74. The van der Waals surface area contributed by atoms with E-state index < -0.39 is 0 Å². The molecule has 0 radical (unpaired) electrons. The Hall–Kier alpha value is 0. The third kappa shape index (κ3) is 2.32. The van der Waals surface area contributed by atoms with Crippen LogP contribution in [-0.2, 0) is 0 Å². The predicted molar refractivity (Wildman–Crippen MR) is 64.3 cm³/mol. The zero-order valence-corrected chi connectivity index (χ0v) is 10.9. The minimum atomic E-state index is 0.536. The monoisotopic (exact) mass is 196 g/mol. The molecule has 1 aliphatic rings. The Balaban J connectivity index is 2.62. The first-order valence-corrected chi connectivity index (χ1v) is 6.35. The smallest absolute Gasteiger partial charge is 0.0303 e. The molecule has 0 aromatic heterocycles. The fourth-order valence-electron chi connectivity index (χ4n) is 2.69. The van der Waals surface area contributed by atoms with Crippen molar-refractivity contribution in [2.75, 3.05) is 0 Å². The first kappa shape index (κ1) is 12.1. The molecule has 0 spiro atoms. The maximum atomic E-state index is 2.46. The summed E-state index contributed by atoms with van der Waals surface area (Å²) in [5, 5.41) is 0. The third-order valence-corrected chi connectivity index (χ3v) is 5.14. The molecular formula is C14H28. The van der Waals surface area contributed by atoms with E-state index in [-0.39, 0.29) is 0 Å². The summed E-state index contributed by atoms with van der Waals surface area (Å²) in [5.41, 5.74) is 0.536. The van der Waals surface area contributed by atoms with Gasteiger partial charge in [0.05, 0.1) is 0 Å². The zero-order valence-electron chi connectivity index (χ0n) is 10.9. The van der Waals surface area contributed by atoms with Crippen molar-refractivity contribution in [2.45, 2.75) is 60.8 Å². The third-order valence-electron chi connectivity index (χ3n) is 5.14. The minimum Gasteiger partial charge on any atom is -0.0623 e. The Labute approximate surface area is 90.5 Å². The van der Waals surface area contributed by atoms with E-state index in [4.69, 9.17) is 0 Å². The highest BCUT2D eigenvalue weighted by Gasteiger charge is 2.36. The van der Waals surface area contributed by atoms with Crippen LogP contribution in [0.5, 0.6) is 0 Å². The quantitative estimate of drug-likeness (QED) is 0.598. The van der Waals surface area contributed by atoms with E-state index in [1.807, 2.05) is 0 Å². The average Bonchev–Trinajstić information content (AvgIpc) is 2.09. The SMILES string of the molecule is CC1CCC(C(C)(C)C(C)C)CC1C. The van der Waals surface area contributed by atoms with Crippen LogP contribution in [0.1, 0.15) is 60.8 Å². The van der Waals surface area contributed by atoms with Crippen LogP contribution < -0.4 is 0 Å². The van der Waals surface area contributed by atoms with E-state index >= 15 is 0 Å². The lowest BCUT2D eigenvalue weighted by atomic mass is 9.62. The highest BCUT2D eigenvalue weighted by atomic mass is 14.4. The van der Waals surface area contributed by atoms with Crippen LogP contribution >= 0.6 is 0 Å². The van der Waals surface area contributed by atoms with Gasteiger partial charge in [-0.3, -0.25) is 0 Å². The summed E-state index contributed by atoms with van der Waals surface area (Å²) < 4.78 is 0. The van der Waals surface area contributed by atoms with Gasteiger partial charge < -0.3 is 0 Å². The van der Waals surface area contributed by atoms with Crippen molar-refractivity contribution >= 4 is 0 Å². The first-order chi connectivity index (χ1) is 6.35. The van der Waals surface area contributed by atoms with Crippen molar-refractivity contribution in [1.82, 2.24) is 0 Å². The second kappa shape index (κ2) is 4.24. The molecule has 0 saturated heterocycles. The van der Waals surface area contributed by atoms with Gasteiger partial charge in [0, 0.05) is 0 Å². The van der Waals surface area contributed by atoms with Gasteiger partial charge >= 0.3 is 0 Å². The number of hydrogen-bond donors (Lipinski definition) is 0. The minimum absolute atomic E-state index is 0.536. The van der Waals surface area contributed by atoms with Gasteiger partial charge in [-0.25, -0.2) is 0 Å². The zero-order chi connectivity index (χ0) is 10.9. The largest absolute Gasteiger partial charge is 0.0623 e. The van der Waals surface area contributed by atoms with Gasteiger partial charge in [0.2, 0.25) is 0 Å². The molecule has 1 saturated carbocycles. The van der Waals surface area contributed by atoms with E-state index in [0.29, 0.717) is 5.41 Å². The molecule has 0 heterocycles. The molecule has 1 rings (SSSR count). The molecule has 84 valence electrons. The van der Waals surface area contributed by atoms with E-state index in [2.05, 4.69) is 41.5 Å². The van der Waals surface area contributed by atoms with Gasteiger partial charge in [0.25, 0.3) is 0 Å². The summed E-state index contributed by atoms with van der Waals surface area (Å²) in [5.74, 6) is 3.66. The topological polar surface area (TPSA) is 0 Å². The molecule has 3 atom stereocenters. The summed E-state index contributed by atoms with van der Waals surface area (Å²) >= 11 is 0. The van der Waals surface area contributed by atoms with Crippen molar-refractivity contribution in [3.8, 4) is 0 Å². The maximum Gasteiger partial charge on any atom is -0.0303 e. The molecule has 0 aromatic rings. The fraction of sp³-hybridized carbons (Fsp3) is 1.00. The average molecular weight is 196 g/mol. The molecule has 0 heteroatoms. The summed E-state index contributed by atoms with van der Waals surface area (Å²) in [6.07, 6.45) is 4.35. The van der Waals surface area contributed by atoms with E-state index in [0.717, 1.165) is 23.7 Å². The molecule has 0 aliphatic heterocycles. The molecule has 0 nitrogen and oxygen atoms in total. The lowest BCUT2D eigenvalue weighted by molar-refractivity contribution is 0.0625. The van der Waals surface area contributed by atoms with Gasteiger partial charge in [-0.1, -0.05) is 48.0 Å². The van der Waals surface area contributed by atoms with Gasteiger partial charge in [-0.2, -0.15) is 0 Å². The van der Waals surface area contributed by atoms with E-state index in [1.54, 1.807) is 0 Å². The number of hydrogen-bond acceptors (Lipinski definition) is 0. The summed E-state index contributed by atoms with van der Waals surface area (Å²) in [7, 11) is 0. The van der Waals surface area contributed by atoms with Crippen molar-refractivity contribution in [3.63, 3.8) is 0 Å². The fourth-order valence-corrected chi connectivity index (χ4v) is 2.69. The van der Waals surface area contributed by atoms with E-state index in [9.17, 15) is 0 Å². The Bertz CT molecular complexity index is 178. The molecular weight excluding hydrogens is 168 g/mol. The molecule has 14 heavy (non-hydrogen) atoms. The molecule has 1 fully saturated rings. The second-order valence-electron chi connectivity index (χ2n) is 6.44. The molecule has 0 amide bonds. The van der Waals surface area contributed by atoms with Gasteiger partial charge in [-0.05, 0) is 41.9 Å². The molecule has 0 bridgehead atoms. The van der Waals surface area contributed by atoms with Crippen LogP contribution in [0, 0.1) is 29.1 Å². The second-order valence-corrected chi connectivity index (χ2v) is 6.44. The van der Waals surface area contributed by atoms with Crippen molar-refractivity contribution < 1.29 is 0 Å². The van der Waals surface area contributed by atoms with Crippen LogP contribution in [0.25, 0.3) is 0 Å². The Kier molecular flexibility index (Phi) is 3.66. The first-order valence-electron chi connectivity index (χ1n) is 6.35. The maximum absolute atomic E-state index is 2.46. The summed E-state index contributed by atoms with van der Waals surface area (Å²) in [6.45, 7) is 14.5. The van der Waals surface area contributed by atoms with Crippen LogP contribution in [-0.4, -0.2) is 0 Å². The molecule has 0 aromatic carbocycles. The highest BCUT2D eigenvalue weighted by molar-refractivity contribution is 4.86. The Morgan fingerprint density at radius 3 is 2.00 bits per heavy atom. The summed E-state index contributed by atoms with van der Waals surface area (Å²) in [6, 6.07) is 0. The standard InChI is InChI=1S/C14H28/c1-10(2)14(5,6)13-8-7-11(3)12(4)9-13/h10-13H,7-9H2,1-6H3. The lowest BCUT2D eigenvalue weighted by Gasteiger charge is -2.44. The summed E-state index contributed by atoms with van der Waals surface area (Å²) in [4.78, 5) is 0. The van der Waals surface area contributed by atoms with Crippen LogP contribution in [0.2, 0.25) is 0 Å². The molecule has 0 N–H and O–H groups in total. The molecule has 3 unspecified atom stereocenters. The van der Waals surface area contributed by atoms with Gasteiger partial charge in [0.15, 0.2) is 0 Å². The Morgan fingerprint density at radius 2 is 1.57 bits per heavy atom. The van der Waals surface area contributed by atoms with Crippen molar-refractivity contribution in [3.05, 3.63) is 0 Å². The lowest BCUT2D eigenvalue weighted by Crippen LogP contribution is -2.35. The Morgan fingerprint density at radius 1 is 1.00 bits per heavy atom. The normalized spacial score (nSPS) is 34.9. The van der Waals surface area contributed by atoms with Gasteiger partial charge in [0.1, 0.15) is 0 Å². The van der Waals surface area contributed by atoms with Crippen molar-refractivity contribution in [1.29, 1.82) is 0 Å². The van der Waals surface area contributed by atoms with Crippen LogP contribution in [0.4, 0.5) is 0 Å². The number of rotatable bonds is 2. The van der Waals surface area contributed by atoms with E-state index in [1.165, 1.54) is 19.3 Å². The highest BCUT2D eigenvalue weighted by Crippen LogP contribution is 2.46. The molecule has 1 aliphatic carbocycles.